The van der Waals surface area contributed by atoms with E-state index < -0.39 is 11.4 Å². The molecule has 1 saturated carbocycles. The molecule has 0 radical (unpaired) electrons. The van der Waals surface area contributed by atoms with Crippen LogP contribution in [0.4, 0.5) is 0 Å². The van der Waals surface area contributed by atoms with E-state index >= 15 is 0 Å². The van der Waals surface area contributed by atoms with E-state index in [1.54, 1.807) is 0 Å². The summed E-state index contributed by atoms with van der Waals surface area (Å²) in [5.41, 5.74) is 0. The van der Waals surface area contributed by atoms with Crippen molar-refractivity contribution in [3.05, 3.63) is 0 Å². The Morgan fingerprint density at radius 3 is 2.04 bits per heavy atom. The van der Waals surface area contributed by atoms with Crippen molar-refractivity contribution >= 4 is 23.9 Å². The maximum absolute atomic E-state index is 11.9. The van der Waals surface area contributed by atoms with Crippen LogP contribution in [0.15, 0.2) is 0 Å². The number of hydrogen-bond donors (Lipinski definition) is 1. The zero-order chi connectivity index (χ0) is 17.3. The third-order valence-electron chi connectivity index (χ3n) is 4.99. The van der Waals surface area contributed by atoms with Crippen molar-refractivity contribution in [1.82, 2.24) is 4.72 Å². The summed E-state index contributed by atoms with van der Waals surface area (Å²) in [6.45, 7) is 14.9. The number of rotatable bonds is 5. The fourth-order valence-electron chi connectivity index (χ4n) is 2.73. The summed E-state index contributed by atoms with van der Waals surface area (Å²) >= 11 is -1.07. The van der Waals surface area contributed by atoms with Crippen LogP contribution < -0.4 is 23.6 Å². The second-order valence-electron chi connectivity index (χ2n) is 7.81. The minimum absolute atomic E-state index is 0. The van der Waals surface area contributed by atoms with Gasteiger partial charge in [0.25, 0.3) is 0 Å². The molecule has 0 heterocycles. The molecule has 2 unspecified atom stereocenters. The van der Waals surface area contributed by atoms with Gasteiger partial charge in [-0.25, -0.2) is 0 Å². The largest absolute Gasteiger partial charge is 1.00 e. The van der Waals surface area contributed by atoms with Gasteiger partial charge in [0.15, 0.2) is 0 Å². The van der Waals surface area contributed by atoms with Gasteiger partial charge in [-0.2, -0.15) is 19.0 Å². The van der Waals surface area contributed by atoms with Crippen LogP contribution in [0.1, 0.15) is 67.7 Å². The number of hydrogen-bond acceptors (Lipinski definition) is 3. The summed E-state index contributed by atoms with van der Waals surface area (Å²) in [5.74, 6) is 0.301. The van der Waals surface area contributed by atoms with E-state index in [0.717, 1.165) is 12.8 Å². The van der Waals surface area contributed by atoms with Gasteiger partial charge in [0.05, 0.1) is 6.04 Å². The topological polar surface area (TPSA) is 52.2 Å². The number of Topliss-reactive ketones (excluding diaryl/α,β-unsaturated/α-hetero) is 1. The maximum Gasteiger partial charge on any atom is 1.00 e. The van der Waals surface area contributed by atoms with Gasteiger partial charge in [-0.3, -0.25) is 4.79 Å². The number of ketones is 1. The molecule has 1 fully saturated rings. The van der Waals surface area contributed by atoms with Gasteiger partial charge >= 0.3 is 18.9 Å². The first-order valence-electron chi connectivity index (χ1n) is 9.15. The van der Waals surface area contributed by atoms with Crippen molar-refractivity contribution in [2.75, 3.05) is 0 Å². The smallest absolute Gasteiger partial charge is 0.598 e. The first-order chi connectivity index (χ1) is 10.2. The average Bonchev–Trinajstić information content (AvgIpc) is 2.45. The minimum atomic E-state index is -1.07. The first-order valence-corrected chi connectivity index (χ1v) is 10.3. The van der Waals surface area contributed by atoms with Crippen LogP contribution in [0.25, 0.3) is 0 Å². The molecule has 1 rings (SSSR count). The molecule has 1 N–H and O–H groups in total. The van der Waals surface area contributed by atoms with Crippen LogP contribution >= 0.6 is 0 Å². The van der Waals surface area contributed by atoms with Crippen molar-refractivity contribution in [3.8, 4) is 0 Å². The Labute approximate surface area is 160 Å². The predicted octanol–water partition coefficient (Wildman–Crippen LogP) is 1.07. The molecular weight excluding hydrogens is 300 g/mol. The van der Waals surface area contributed by atoms with Crippen molar-refractivity contribution in [2.45, 2.75) is 97.5 Å². The predicted molar refractivity (Wildman–Crippen MR) is 101 cm³/mol. The first kappa shape index (κ1) is 25.8. The van der Waals surface area contributed by atoms with E-state index in [2.05, 4.69) is 25.5 Å². The van der Waals surface area contributed by atoms with Crippen LogP contribution in [0.5, 0.6) is 0 Å². The van der Waals surface area contributed by atoms with E-state index in [0.29, 0.717) is 18.9 Å². The van der Waals surface area contributed by atoms with Crippen LogP contribution in [-0.4, -0.2) is 27.8 Å². The quantitative estimate of drug-likeness (QED) is 0.603. The Morgan fingerprint density at radius 2 is 1.70 bits per heavy atom. The van der Waals surface area contributed by atoms with E-state index in [1.807, 2.05) is 27.7 Å². The van der Waals surface area contributed by atoms with E-state index in [-0.39, 0.29) is 35.6 Å². The summed E-state index contributed by atoms with van der Waals surface area (Å²) < 4.78 is 14.7. The second-order valence-corrected chi connectivity index (χ2v) is 9.81. The normalized spacial score (nSPS) is 22.9. The van der Waals surface area contributed by atoms with Gasteiger partial charge in [0, 0.05) is 23.7 Å². The zero-order valence-electron chi connectivity index (χ0n) is 16.8. The molecule has 6 heteroatoms. The third kappa shape index (κ3) is 10.2. The molecule has 0 aliphatic heterocycles. The fourth-order valence-corrected chi connectivity index (χ4v) is 3.68. The summed E-state index contributed by atoms with van der Waals surface area (Å²) in [6.07, 6.45) is 6.87. The molecular formula is C17H37BLiNO2S. The Hall–Kier alpha value is 0.602. The van der Waals surface area contributed by atoms with E-state index in [1.165, 1.54) is 19.0 Å². The standard InChI is InChI=1S/C11H21NO2S.C6H16B.Li/c1-8-9(6-5-7-10(8)13)12-15(14)11(2,3)4;1-4-7(5-2)6-3;/h8-9,12H,5-7H2,1-4H3;7H,4-6H2,1-3H3;/q;-1;+1/t8-,9?,15?;;/m1../s1. The monoisotopic (exact) mass is 337 g/mol. The molecule has 0 aromatic rings. The van der Waals surface area contributed by atoms with Crippen LogP contribution in [0, 0.1) is 5.92 Å². The maximum atomic E-state index is 11.9. The molecule has 0 bridgehead atoms. The number of carbonyl (C=O) groups excluding carboxylic acids is 1. The molecule has 1 aliphatic rings. The van der Waals surface area contributed by atoms with E-state index in [9.17, 15) is 9.35 Å². The summed E-state index contributed by atoms with van der Waals surface area (Å²) in [5, 5.41) is 0. The Bertz CT molecular complexity index is 317. The van der Waals surface area contributed by atoms with Crippen LogP contribution in [-0.2, 0) is 16.2 Å². The molecule has 0 spiro atoms. The third-order valence-corrected chi connectivity index (χ3v) is 6.61. The Balaban J connectivity index is 0. The zero-order valence-corrected chi connectivity index (χ0v) is 17.6. The van der Waals surface area contributed by atoms with Gasteiger partial charge < -0.3 is 4.55 Å². The fraction of sp³-hybridized carbons (Fsp3) is 0.941. The summed E-state index contributed by atoms with van der Waals surface area (Å²) in [6, 6.07) is 0.0892. The Morgan fingerprint density at radius 1 is 1.22 bits per heavy atom. The van der Waals surface area contributed by atoms with Crippen LogP contribution in [0.3, 0.4) is 0 Å². The molecule has 3 atom stereocenters. The van der Waals surface area contributed by atoms with Crippen molar-refractivity contribution in [1.29, 1.82) is 0 Å². The van der Waals surface area contributed by atoms with Gasteiger partial charge in [-0.05, 0) is 40.3 Å². The summed E-state index contributed by atoms with van der Waals surface area (Å²) in [4.78, 5) is 11.5. The molecule has 23 heavy (non-hydrogen) atoms. The number of nitrogens with one attached hydrogen (secondary N) is 1. The molecule has 0 saturated heterocycles. The molecule has 3 nitrogen and oxygen atoms in total. The van der Waals surface area contributed by atoms with Crippen molar-refractivity contribution < 1.29 is 28.2 Å². The minimum Gasteiger partial charge on any atom is -0.598 e. The second kappa shape index (κ2) is 12.9. The summed E-state index contributed by atoms with van der Waals surface area (Å²) in [7, 11) is 0. The average molecular weight is 337 g/mol. The van der Waals surface area contributed by atoms with E-state index in [4.69, 9.17) is 0 Å². The molecule has 0 aromatic carbocycles. The molecule has 1 aliphatic carbocycles. The van der Waals surface area contributed by atoms with Crippen molar-refractivity contribution in [3.63, 3.8) is 0 Å². The number of carbonyl (C=O) groups is 1. The van der Waals surface area contributed by atoms with Crippen molar-refractivity contribution in [2.24, 2.45) is 5.92 Å². The SMILES string of the molecule is CC[BH-](CC)CC.C[C@H]1C(=O)CCCC1N[S+]([O-])C(C)(C)C.[Li+]. The Kier molecular flexibility index (Phi) is 14.5. The molecule has 132 valence electrons. The van der Waals surface area contributed by atoms with Gasteiger partial charge in [-0.15, -0.1) is 4.72 Å². The van der Waals surface area contributed by atoms with Gasteiger partial charge in [0.1, 0.15) is 10.5 Å². The van der Waals surface area contributed by atoms with Gasteiger partial charge in [0.2, 0.25) is 0 Å². The molecule has 0 aromatic heterocycles. The van der Waals surface area contributed by atoms with Crippen LogP contribution in [0.2, 0.25) is 19.0 Å². The van der Waals surface area contributed by atoms with Gasteiger partial charge in [-0.1, -0.05) is 27.7 Å². The molecule has 0 amide bonds.